The monoisotopic (exact) mass is 296 g/mol. The molecule has 0 aromatic carbocycles. The fourth-order valence-electron chi connectivity index (χ4n) is 4.27. The molecular weight excluding hydrogens is 260 g/mol. The maximum atomic E-state index is 6.27. The predicted octanol–water partition coefficient (Wildman–Crippen LogP) is 3.71. The number of rotatable bonds is 8. The molecule has 2 rings (SSSR count). The molecule has 3 heteroatoms. The molecule has 0 aromatic heterocycles. The summed E-state index contributed by atoms with van der Waals surface area (Å²) in [6.07, 6.45) is 15.0. The Morgan fingerprint density at radius 2 is 1.86 bits per heavy atom. The van der Waals surface area contributed by atoms with E-state index in [9.17, 15) is 0 Å². The van der Waals surface area contributed by atoms with Gasteiger partial charge in [0.15, 0.2) is 0 Å². The summed E-state index contributed by atoms with van der Waals surface area (Å²) in [7, 11) is 0. The van der Waals surface area contributed by atoms with Gasteiger partial charge in [-0.2, -0.15) is 0 Å². The minimum Gasteiger partial charge on any atom is -0.378 e. The van der Waals surface area contributed by atoms with Gasteiger partial charge < -0.3 is 10.5 Å². The van der Waals surface area contributed by atoms with Crippen molar-refractivity contribution in [3.05, 3.63) is 0 Å². The Bertz CT molecular complexity index is 268. The average molecular weight is 296 g/mol. The SMILES string of the molecule is CCCN(CCCC1CCCO1)C1(CN)CCCCCC1. The quantitative estimate of drug-likeness (QED) is 0.694. The maximum Gasteiger partial charge on any atom is 0.0576 e. The molecule has 0 amide bonds. The van der Waals surface area contributed by atoms with Gasteiger partial charge in [0.1, 0.15) is 0 Å². The van der Waals surface area contributed by atoms with Crippen molar-refractivity contribution in [1.82, 2.24) is 4.90 Å². The van der Waals surface area contributed by atoms with Gasteiger partial charge in [0.25, 0.3) is 0 Å². The van der Waals surface area contributed by atoms with Gasteiger partial charge in [0.2, 0.25) is 0 Å². The summed E-state index contributed by atoms with van der Waals surface area (Å²) >= 11 is 0. The molecule has 1 unspecified atom stereocenters. The van der Waals surface area contributed by atoms with Crippen molar-refractivity contribution in [2.45, 2.75) is 89.2 Å². The summed E-state index contributed by atoms with van der Waals surface area (Å²) < 4.78 is 5.77. The van der Waals surface area contributed by atoms with Crippen LogP contribution in [0.15, 0.2) is 0 Å². The minimum atomic E-state index is 0.295. The van der Waals surface area contributed by atoms with E-state index in [0.29, 0.717) is 11.6 Å². The molecule has 124 valence electrons. The highest BCUT2D eigenvalue weighted by Crippen LogP contribution is 2.32. The van der Waals surface area contributed by atoms with Crippen LogP contribution < -0.4 is 5.73 Å². The first-order chi connectivity index (χ1) is 10.3. The van der Waals surface area contributed by atoms with Crippen LogP contribution >= 0.6 is 0 Å². The summed E-state index contributed by atoms with van der Waals surface area (Å²) in [5.74, 6) is 0. The van der Waals surface area contributed by atoms with Crippen LogP contribution in [-0.2, 0) is 4.74 Å². The summed E-state index contributed by atoms with van der Waals surface area (Å²) in [5, 5.41) is 0. The van der Waals surface area contributed by atoms with Gasteiger partial charge in [-0.1, -0.05) is 32.6 Å². The molecule has 1 heterocycles. The highest BCUT2D eigenvalue weighted by Gasteiger charge is 2.35. The Morgan fingerprint density at radius 3 is 2.43 bits per heavy atom. The van der Waals surface area contributed by atoms with Crippen LogP contribution in [0.25, 0.3) is 0 Å². The molecule has 1 saturated carbocycles. The molecule has 1 saturated heterocycles. The average Bonchev–Trinajstić information content (AvgIpc) is 2.90. The first kappa shape index (κ1) is 17.2. The standard InChI is InChI=1S/C18H36N2O/c1-2-13-20(14-7-9-17-10-8-15-21-17)18(16-19)11-5-3-4-6-12-18/h17H,2-16,19H2,1H3. The topological polar surface area (TPSA) is 38.5 Å². The van der Waals surface area contributed by atoms with E-state index in [2.05, 4.69) is 11.8 Å². The Morgan fingerprint density at radius 1 is 1.10 bits per heavy atom. The molecule has 3 nitrogen and oxygen atoms in total. The zero-order valence-electron chi connectivity index (χ0n) is 14.1. The van der Waals surface area contributed by atoms with Crippen LogP contribution in [0, 0.1) is 0 Å². The number of nitrogens with zero attached hydrogens (tertiary/aromatic N) is 1. The summed E-state index contributed by atoms with van der Waals surface area (Å²) in [4.78, 5) is 2.74. The van der Waals surface area contributed by atoms with Gasteiger partial charge in [-0.3, -0.25) is 4.90 Å². The molecule has 0 bridgehead atoms. The number of hydrogen-bond acceptors (Lipinski definition) is 3. The molecule has 0 aromatic rings. The molecule has 2 N–H and O–H groups in total. The lowest BCUT2D eigenvalue weighted by atomic mass is 9.87. The van der Waals surface area contributed by atoms with Crippen LogP contribution in [0.1, 0.15) is 77.6 Å². The molecule has 0 radical (unpaired) electrons. The number of ether oxygens (including phenoxy) is 1. The van der Waals surface area contributed by atoms with Gasteiger partial charge >= 0.3 is 0 Å². The first-order valence-corrected chi connectivity index (χ1v) is 9.37. The van der Waals surface area contributed by atoms with E-state index >= 15 is 0 Å². The Hall–Kier alpha value is -0.120. The predicted molar refractivity (Wildman–Crippen MR) is 89.6 cm³/mol. The molecular formula is C18H36N2O. The van der Waals surface area contributed by atoms with E-state index in [1.54, 1.807) is 0 Å². The van der Waals surface area contributed by atoms with Crippen molar-refractivity contribution in [1.29, 1.82) is 0 Å². The molecule has 1 aliphatic carbocycles. The minimum absolute atomic E-state index is 0.295. The van der Waals surface area contributed by atoms with E-state index in [1.165, 1.54) is 83.7 Å². The summed E-state index contributed by atoms with van der Waals surface area (Å²) in [6.45, 7) is 6.55. The lowest BCUT2D eigenvalue weighted by Crippen LogP contribution is -2.54. The molecule has 0 spiro atoms. The van der Waals surface area contributed by atoms with Gasteiger partial charge in [0, 0.05) is 18.7 Å². The zero-order valence-corrected chi connectivity index (χ0v) is 14.1. The van der Waals surface area contributed by atoms with Crippen molar-refractivity contribution in [2.75, 3.05) is 26.2 Å². The van der Waals surface area contributed by atoms with E-state index in [-0.39, 0.29) is 0 Å². The van der Waals surface area contributed by atoms with E-state index in [4.69, 9.17) is 10.5 Å². The number of hydrogen-bond donors (Lipinski definition) is 1. The third-order valence-electron chi connectivity index (χ3n) is 5.56. The van der Waals surface area contributed by atoms with E-state index in [1.807, 2.05) is 0 Å². The van der Waals surface area contributed by atoms with Gasteiger partial charge in [0.05, 0.1) is 6.10 Å². The molecule has 1 atom stereocenters. The smallest absolute Gasteiger partial charge is 0.0576 e. The van der Waals surface area contributed by atoms with Crippen molar-refractivity contribution < 1.29 is 4.74 Å². The van der Waals surface area contributed by atoms with Crippen LogP contribution in [-0.4, -0.2) is 42.8 Å². The third kappa shape index (κ3) is 4.94. The van der Waals surface area contributed by atoms with Crippen molar-refractivity contribution >= 4 is 0 Å². The second-order valence-electron chi connectivity index (χ2n) is 7.11. The number of nitrogens with two attached hydrogens (primary N) is 1. The highest BCUT2D eigenvalue weighted by molar-refractivity contribution is 4.93. The molecule has 21 heavy (non-hydrogen) atoms. The third-order valence-corrected chi connectivity index (χ3v) is 5.56. The highest BCUT2D eigenvalue weighted by atomic mass is 16.5. The van der Waals surface area contributed by atoms with Crippen molar-refractivity contribution in [3.8, 4) is 0 Å². The van der Waals surface area contributed by atoms with Gasteiger partial charge in [-0.15, -0.1) is 0 Å². The van der Waals surface area contributed by atoms with Gasteiger partial charge in [-0.05, 0) is 58.0 Å². The van der Waals surface area contributed by atoms with Crippen LogP contribution in [0.4, 0.5) is 0 Å². The van der Waals surface area contributed by atoms with E-state index < -0.39 is 0 Å². The van der Waals surface area contributed by atoms with E-state index in [0.717, 1.165) is 13.2 Å². The molecule has 2 fully saturated rings. The second kappa shape index (κ2) is 9.12. The fourth-order valence-corrected chi connectivity index (χ4v) is 4.27. The summed E-state index contributed by atoms with van der Waals surface area (Å²) in [6, 6.07) is 0. The van der Waals surface area contributed by atoms with Crippen molar-refractivity contribution in [3.63, 3.8) is 0 Å². The van der Waals surface area contributed by atoms with Crippen molar-refractivity contribution in [2.24, 2.45) is 5.73 Å². The Kier molecular flexibility index (Phi) is 7.48. The van der Waals surface area contributed by atoms with Gasteiger partial charge in [-0.25, -0.2) is 0 Å². The normalized spacial score (nSPS) is 26.1. The largest absolute Gasteiger partial charge is 0.378 e. The summed E-state index contributed by atoms with van der Waals surface area (Å²) in [5.41, 5.74) is 6.56. The molecule has 2 aliphatic rings. The van der Waals surface area contributed by atoms with Crippen LogP contribution in [0.3, 0.4) is 0 Å². The zero-order chi connectivity index (χ0) is 15.0. The second-order valence-corrected chi connectivity index (χ2v) is 7.11. The molecule has 1 aliphatic heterocycles. The lowest BCUT2D eigenvalue weighted by Gasteiger charge is -2.43. The lowest BCUT2D eigenvalue weighted by molar-refractivity contribution is 0.0626. The fraction of sp³-hybridized carbons (Fsp3) is 1.00. The first-order valence-electron chi connectivity index (χ1n) is 9.37. The Labute approximate surface area is 131 Å². The van der Waals surface area contributed by atoms with Crippen LogP contribution in [0.5, 0.6) is 0 Å². The Balaban J connectivity index is 1.87. The van der Waals surface area contributed by atoms with Crippen LogP contribution in [0.2, 0.25) is 0 Å². The maximum absolute atomic E-state index is 6.27.